The number of nitrogens with one attached hydrogen (secondary N) is 1. The molecule has 31 heavy (non-hydrogen) atoms. The summed E-state index contributed by atoms with van der Waals surface area (Å²) in [5.41, 5.74) is -3.97. The van der Waals surface area contributed by atoms with Crippen LogP contribution in [0.3, 0.4) is 0 Å². The molecule has 0 unspecified atom stereocenters. The Balaban J connectivity index is 1.94. The highest BCUT2D eigenvalue weighted by Crippen LogP contribution is 2.36. The topological polar surface area (TPSA) is 85.6 Å². The molecule has 164 valence electrons. The third-order valence-electron chi connectivity index (χ3n) is 4.06. The Morgan fingerprint density at radius 3 is 2.06 bits per heavy atom. The Bertz CT molecular complexity index is 1060. The summed E-state index contributed by atoms with van der Waals surface area (Å²) in [5, 5.41) is 6.45. The number of aryl methyl sites for hydroxylation is 1. The lowest BCUT2D eigenvalue weighted by Gasteiger charge is -2.16. The molecule has 0 bridgehead atoms. The van der Waals surface area contributed by atoms with Crippen molar-refractivity contribution in [1.82, 2.24) is 30.0 Å². The van der Waals surface area contributed by atoms with E-state index in [0.29, 0.717) is 18.0 Å². The molecule has 1 amide bonds. The number of benzene rings is 1. The van der Waals surface area contributed by atoms with Crippen LogP contribution in [-0.4, -0.2) is 30.6 Å². The normalized spacial score (nSPS) is 13.2. The lowest BCUT2D eigenvalue weighted by atomic mass is 10.0. The van der Waals surface area contributed by atoms with E-state index in [9.17, 15) is 31.1 Å². The number of hydrogen-bond acceptors (Lipinski definition) is 5. The van der Waals surface area contributed by atoms with Gasteiger partial charge in [-0.3, -0.25) is 4.79 Å². The number of hydrogen-bond donors (Lipinski definition) is 1. The molecule has 0 radical (unpaired) electrons. The molecule has 0 fully saturated rings. The second-order valence-electron chi connectivity index (χ2n) is 6.47. The number of halogens is 6. The molecular weight excluding hydrogens is 430 g/mol. The van der Waals surface area contributed by atoms with Crippen LogP contribution in [0.25, 0.3) is 5.95 Å². The molecular formula is C18H14F6N6O. The summed E-state index contributed by atoms with van der Waals surface area (Å²) in [4.78, 5) is 24.7. The van der Waals surface area contributed by atoms with E-state index < -0.39 is 41.0 Å². The zero-order valence-electron chi connectivity index (χ0n) is 16.0. The minimum atomic E-state index is -5.07. The van der Waals surface area contributed by atoms with E-state index in [-0.39, 0.29) is 17.8 Å². The SMILES string of the molecule is Cc1nc([C@H](C)NC(=O)c2cc(C(F)(F)F)cc(C(F)(F)F)c2)n(-c2ncccn2)n1. The minimum absolute atomic E-state index is 0.0487. The molecule has 1 N–H and O–H groups in total. The summed E-state index contributed by atoms with van der Waals surface area (Å²) in [6, 6.07) is 1.28. The van der Waals surface area contributed by atoms with E-state index in [0.717, 1.165) is 0 Å². The van der Waals surface area contributed by atoms with Crippen molar-refractivity contribution < 1.29 is 31.1 Å². The fourth-order valence-electron chi connectivity index (χ4n) is 2.69. The maximum atomic E-state index is 13.0. The molecule has 0 aliphatic heterocycles. The number of rotatable bonds is 4. The first-order valence-corrected chi connectivity index (χ1v) is 8.67. The van der Waals surface area contributed by atoms with Crippen molar-refractivity contribution in [3.05, 3.63) is 65.0 Å². The first-order valence-electron chi connectivity index (χ1n) is 8.67. The first kappa shape index (κ1) is 22.2. The van der Waals surface area contributed by atoms with E-state index in [1.165, 1.54) is 24.0 Å². The molecule has 13 heteroatoms. The lowest BCUT2D eigenvalue weighted by Crippen LogP contribution is -2.29. The van der Waals surface area contributed by atoms with Crippen molar-refractivity contribution in [2.24, 2.45) is 0 Å². The van der Waals surface area contributed by atoms with Gasteiger partial charge in [0, 0.05) is 18.0 Å². The van der Waals surface area contributed by atoms with Crippen molar-refractivity contribution in [2.75, 3.05) is 0 Å². The molecule has 0 spiro atoms. The minimum Gasteiger partial charge on any atom is -0.342 e. The Morgan fingerprint density at radius 1 is 1.00 bits per heavy atom. The van der Waals surface area contributed by atoms with Crippen LogP contribution < -0.4 is 5.32 Å². The van der Waals surface area contributed by atoms with Gasteiger partial charge in [-0.25, -0.2) is 15.0 Å². The number of carbonyl (C=O) groups is 1. The average Bonchev–Trinajstić information content (AvgIpc) is 3.09. The number of nitrogens with zero attached hydrogens (tertiary/aromatic N) is 5. The third kappa shape index (κ3) is 4.98. The van der Waals surface area contributed by atoms with Crippen LogP contribution in [0.5, 0.6) is 0 Å². The molecule has 3 aromatic rings. The van der Waals surface area contributed by atoms with Gasteiger partial charge in [0.15, 0.2) is 5.82 Å². The molecule has 0 aliphatic rings. The van der Waals surface area contributed by atoms with Gasteiger partial charge in [0.1, 0.15) is 5.82 Å². The van der Waals surface area contributed by atoms with Gasteiger partial charge in [-0.1, -0.05) is 0 Å². The van der Waals surface area contributed by atoms with E-state index in [2.05, 4.69) is 25.4 Å². The quantitative estimate of drug-likeness (QED) is 0.617. The van der Waals surface area contributed by atoms with E-state index >= 15 is 0 Å². The summed E-state index contributed by atoms with van der Waals surface area (Å²) >= 11 is 0. The van der Waals surface area contributed by atoms with Gasteiger partial charge in [0.2, 0.25) is 0 Å². The molecule has 0 saturated heterocycles. The van der Waals surface area contributed by atoms with E-state index in [4.69, 9.17) is 0 Å². The van der Waals surface area contributed by atoms with Gasteiger partial charge < -0.3 is 5.32 Å². The average molecular weight is 444 g/mol. The summed E-state index contributed by atoms with van der Waals surface area (Å²) in [6.45, 7) is 3.00. The maximum Gasteiger partial charge on any atom is 0.416 e. The fourth-order valence-corrected chi connectivity index (χ4v) is 2.69. The first-order chi connectivity index (χ1) is 14.4. The lowest BCUT2D eigenvalue weighted by molar-refractivity contribution is -0.143. The summed E-state index contributed by atoms with van der Waals surface area (Å²) in [7, 11) is 0. The van der Waals surface area contributed by atoms with Crippen molar-refractivity contribution in [3.63, 3.8) is 0 Å². The maximum absolute atomic E-state index is 13.0. The van der Waals surface area contributed by atoms with Gasteiger partial charge in [0.25, 0.3) is 11.9 Å². The van der Waals surface area contributed by atoms with Crippen molar-refractivity contribution in [2.45, 2.75) is 32.2 Å². The van der Waals surface area contributed by atoms with Crippen LogP contribution in [0.15, 0.2) is 36.7 Å². The fraction of sp³-hybridized carbons (Fsp3) is 0.278. The predicted octanol–water partition coefficient (Wildman–Crippen LogP) is 3.89. The van der Waals surface area contributed by atoms with Gasteiger partial charge in [-0.2, -0.15) is 31.0 Å². The standard InChI is InChI=1S/C18H14F6N6O/c1-9(14-28-10(2)29-30(14)16-25-4-3-5-26-16)27-15(31)11-6-12(17(19,20)21)8-13(7-11)18(22,23)24/h3-9H,1-2H3,(H,27,31)/t9-/m0/s1. The number of carbonyl (C=O) groups excluding carboxylic acids is 1. The largest absolute Gasteiger partial charge is 0.416 e. The molecule has 7 nitrogen and oxygen atoms in total. The molecule has 1 atom stereocenters. The highest BCUT2D eigenvalue weighted by Gasteiger charge is 2.37. The van der Waals surface area contributed by atoms with Gasteiger partial charge in [-0.15, -0.1) is 5.10 Å². The summed E-state index contributed by atoms with van der Waals surface area (Å²) in [6.07, 6.45) is -7.25. The van der Waals surface area contributed by atoms with Crippen molar-refractivity contribution in [3.8, 4) is 5.95 Å². The van der Waals surface area contributed by atoms with Crippen LogP contribution in [0.1, 0.15) is 46.1 Å². The number of aromatic nitrogens is 5. The van der Waals surface area contributed by atoms with Crippen molar-refractivity contribution >= 4 is 5.91 Å². The van der Waals surface area contributed by atoms with E-state index in [1.807, 2.05) is 0 Å². The third-order valence-corrected chi connectivity index (χ3v) is 4.06. The van der Waals surface area contributed by atoms with Gasteiger partial charge in [-0.05, 0) is 38.1 Å². The monoisotopic (exact) mass is 444 g/mol. The molecule has 2 heterocycles. The molecule has 0 aliphatic carbocycles. The smallest absolute Gasteiger partial charge is 0.342 e. The van der Waals surface area contributed by atoms with Crippen LogP contribution in [0, 0.1) is 6.92 Å². The Kier molecular flexibility index (Phi) is 5.70. The summed E-state index contributed by atoms with van der Waals surface area (Å²) < 4.78 is 79.4. The molecule has 1 aromatic carbocycles. The zero-order chi connectivity index (χ0) is 23.0. The van der Waals surface area contributed by atoms with Crippen LogP contribution in [-0.2, 0) is 12.4 Å². The molecule has 2 aromatic heterocycles. The Morgan fingerprint density at radius 2 is 1.55 bits per heavy atom. The zero-order valence-corrected chi connectivity index (χ0v) is 16.0. The molecule has 3 rings (SSSR count). The highest BCUT2D eigenvalue weighted by molar-refractivity contribution is 5.94. The summed E-state index contributed by atoms with van der Waals surface area (Å²) in [5.74, 6) is -0.593. The highest BCUT2D eigenvalue weighted by atomic mass is 19.4. The molecule has 0 saturated carbocycles. The van der Waals surface area contributed by atoms with E-state index in [1.54, 1.807) is 13.0 Å². The van der Waals surface area contributed by atoms with Gasteiger partial charge >= 0.3 is 12.4 Å². The Hall–Kier alpha value is -3.51. The second kappa shape index (κ2) is 7.96. The van der Waals surface area contributed by atoms with Crippen LogP contribution in [0.2, 0.25) is 0 Å². The predicted molar refractivity (Wildman–Crippen MR) is 94.0 cm³/mol. The second-order valence-corrected chi connectivity index (χ2v) is 6.47. The van der Waals surface area contributed by atoms with Gasteiger partial charge in [0.05, 0.1) is 17.2 Å². The van der Waals surface area contributed by atoms with Crippen molar-refractivity contribution in [1.29, 1.82) is 0 Å². The van der Waals surface area contributed by atoms with Crippen LogP contribution in [0.4, 0.5) is 26.3 Å². The van der Waals surface area contributed by atoms with Crippen LogP contribution >= 0.6 is 0 Å². The Labute approximate surface area is 171 Å². The number of amides is 1. The number of alkyl halides is 6.